The molecule has 0 saturated heterocycles. The normalized spacial score (nSPS) is 17.1. The second kappa shape index (κ2) is 4.07. The molecule has 2 nitrogen and oxygen atoms in total. The van der Waals surface area contributed by atoms with Gasteiger partial charge in [-0.3, -0.25) is 0 Å². The number of ether oxygens (including phenoxy) is 1. The van der Waals surface area contributed by atoms with E-state index in [9.17, 15) is 0 Å². The van der Waals surface area contributed by atoms with Crippen LogP contribution >= 0.6 is 0 Å². The van der Waals surface area contributed by atoms with Gasteiger partial charge < -0.3 is 10.5 Å². The first-order chi connectivity index (χ1) is 7.18. The van der Waals surface area contributed by atoms with Crippen LogP contribution in [-0.4, -0.2) is 6.61 Å². The summed E-state index contributed by atoms with van der Waals surface area (Å²) in [4.78, 5) is 0. The van der Waals surface area contributed by atoms with Crippen LogP contribution in [0.5, 0.6) is 0 Å². The number of rotatable bonds is 2. The predicted octanol–water partition coefficient (Wildman–Crippen LogP) is 2.61. The molecule has 0 radical (unpaired) electrons. The number of aryl methyl sites for hydroxylation is 2. The van der Waals surface area contributed by atoms with E-state index >= 15 is 0 Å². The summed E-state index contributed by atoms with van der Waals surface area (Å²) in [6.45, 7) is 4.99. The molecular formula is C13H17NO. The Hall–Kier alpha value is -1.28. The molecule has 1 aromatic rings. The molecule has 1 aliphatic rings. The predicted molar refractivity (Wildman–Crippen MR) is 61.5 cm³/mol. The third kappa shape index (κ3) is 2.05. The maximum atomic E-state index is 6.13. The van der Waals surface area contributed by atoms with E-state index in [1.807, 2.05) is 0 Å². The molecule has 0 amide bonds. The fourth-order valence-electron chi connectivity index (χ4n) is 1.78. The van der Waals surface area contributed by atoms with Crippen LogP contribution in [0.3, 0.4) is 0 Å². The second-order valence-electron chi connectivity index (χ2n) is 4.06. The molecule has 0 aliphatic carbocycles. The maximum Gasteiger partial charge on any atom is 0.113 e. The zero-order valence-electron chi connectivity index (χ0n) is 9.29. The summed E-state index contributed by atoms with van der Waals surface area (Å²) in [5, 5.41) is 0. The first kappa shape index (κ1) is 10.2. The van der Waals surface area contributed by atoms with Crippen molar-refractivity contribution in [1.29, 1.82) is 0 Å². The summed E-state index contributed by atoms with van der Waals surface area (Å²) in [5.41, 5.74) is 9.83. The SMILES string of the molecule is Cc1ccc(C(N)C2=CCCO2)cc1C. The summed E-state index contributed by atoms with van der Waals surface area (Å²) in [6, 6.07) is 6.23. The topological polar surface area (TPSA) is 35.2 Å². The fraction of sp³-hybridized carbons (Fsp3) is 0.385. The van der Waals surface area contributed by atoms with Gasteiger partial charge in [0.25, 0.3) is 0 Å². The van der Waals surface area contributed by atoms with Gasteiger partial charge in [-0.05, 0) is 36.6 Å². The van der Waals surface area contributed by atoms with Crippen molar-refractivity contribution in [2.75, 3.05) is 6.61 Å². The minimum Gasteiger partial charge on any atom is -0.496 e. The molecule has 0 saturated carbocycles. The van der Waals surface area contributed by atoms with Crippen LogP contribution in [0, 0.1) is 13.8 Å². The highest BCUT2D eigenvalue weighted by Crippen LogP contribution is 2.25. The van der Waals surface area contributed by atoms with Gasteiger partial charge in [0, 0.05) is 6.42 Å². The molecule has 0 bridgehead atoms. The average Bonchev–Trinajstić information content (AvgIpc) is 2.74. The van der Waals surface area contributed by atoms with Crippen molar-refractivity contribution >= 4 is 0 Å². The first-order valence-electron chi connectivity index (χ1n) is 5.34. The van der Waals surface area contributed by atoms with E-state index in [4.69, 9.17) is 10.5 Å². The Kier molecular flexibility index (Phi) is 2.78. The van der Waals surface area contributed by atoms with Crippen LogP contribution in [-0.2, 0) is 4.74 Å². The minimum absolute atomic E-state index is 0.105. The largest absolute Gasteiger partial charge is 0.496 e. The molecular weight excluding hydrogens is 186 g/mol. The Morgan fingerprint density at radius 2 is 2.07 bits per heavy atom. The number of benzene rings is 1. The van der Waals surface area contributed by atoms with Crippen molar-refractivity contribution in [3.05, 3.63) is 46.7 Å². The van der Waals surface area contributed by atoms with Crippen molar-refractivity contribution in [3.63, 3.8) is 0 Å². The lowest BCUT2D eigenvalue weighted by molar-refractivity contribution is 0.225. The molecule has 0 spiro atoms. The summed E-state index contributed by atoms with van der Waals surface area (Å²) in [5.74, 6) is 0.915. The van der Waals surface area contributed by atoms with E-state index < -0.39 is 0 Å². The van der Waals surface area contributed by atoms with Gasteiger partial charge in [0.2, 0.25) is 0 Å². The van der Waals surface area contributed by atoms with Crippen LogP contribution in [0.1, 0.15) is 29.2 Å². The molecule has 1 unspecified atom stereocenters. The van der Waals surface area contributed by atoms with Gasteiger partial charge in [0.1, 0.15) is 5.76 Å². The first-order valence-corrected chi connectivity index (χ1v) is 5.34. The Morgan fingerprint density at radius 3 is 2.67 bits per heavy atom. The molecule has 15 heavy (non-hydrogen) atoms. The fourth-order valence-corrected chi connectivity index (χ4v) is 1.78. The molecule has 2 heteroatoms. The van der Waals surface area contributed by atoms with Gasteiger partial charge in [-0.25, -0.2) is 0 Å². The van der Waals surface area contributed by atoms with Crippen LogP contribution in [0.15, 0.2) is 30.0 Å². The second-order valence-corrected chi connectivity index (χ2v) is 4.06. The quantitative estimate of drug-likeness (QED) is 0.802. The molecule has 1 aliphatic heterocycles. The van der Waals surface area contributed by atoms with E-state index in [-0.39, 0.29) is 6.04 Å². The van der Waals surface area contributed by atoms with Crippen molar-refractivity contribution < 1.29 is 4.74 Å². The van der Waals surface area contributed by atoms with Crippen molar-refractivity contribution in [2.45, 2.75) is 26.3 Å². The van der Waals surface area contributed by atoms with Crippen LogP contribution in [0.2, 0.25) is 0 Å². The van der Waals surface area contributed by atoms with E-state index in [0.29, 0.717) is 0 Å². The van der Waals surface area contributed by atoms with Crippen LogP contribution in [0.25, 0.3) is 0 Å². The molecule has 2 rings (SSSR count). The Balaban J connectivity index is 2.25. The highest BCUT2D eigenvalue weighted by Gasteiger charge is 2.16. The summed E-state index contributed by atoms with van der Waals surface area (Å²) in [7, 11) is 0. The zero-order valence-corrected chi connectivity index (χ0v) is 9.29. The van der Waals surface area contributed by atoms with Crippen molar-refractivity contribution in [2.24, 2.45) is 5.73 Å². The van der Waals surface area contributed by atoms with Gasteiger partial charge in [-0.1, -0.05) is 18.2 Å². The third-order valence-corrected chi connectivity index (χ3v) is 2.93. The molecule has 2 N–H and O–H groups in total. The van der Waals surface area contributed by atoms with Gasteiger partial charge in [-0.2, -0.15) is 0 Å². The van der Waals surface area contributed by atoms with Gasteiger partial charge in [-0.15, -0.1) is 0 Å². The standard InChI is InChI=1S/C13H17NO/c1-9-5-6-11(8-10(9)2)13(14)12-4-3-7-15-12/h4-6,8,13H,3,7,14H2,1-2H3. The molecule has 1 atom stereocenters. The van der Waals surface area contributed by atoms with Crippen LogP contribution in [0.4, 0.5) is 0 Å². The van der Waals surface area contributed by atoms with Crippen molar-refractivity contribution in [3.8, 4) is 0 Å². The third-order valence-electron chi connectivity index (χ3n) is 2.93. The highest BCUT2D eigenvalue weighted by atomic mass is 16.5. The number of hydrogen-bond acceptors (Lipinski definition) is 2. The average molecular weight is 203 g/mol. The van der Waals surface area contributed by atoms with E-state index in [1.54, 1.807) is 0 Å². The summed E-state index contributed by atoms with van der Waals surface area (Å²) < 4.78 is 5.48. The molecule has 0 aromatic heterocycles. The van der Waals surface area contributed by atoms with Gasteiger partial charge >= 0.3 is 0 Å². The Labute approximate surface area is 90.7 Å². The molecule has 1 heterocycles. The van der Waals surface area contributed by atoms with Crippen LogP contribution < -0.4 is 5.73 Å². The van der Waals surface area contributed by atoms with E-state index in [2.05, 4.69) is 38.1 Å². The van der Waals surface area contributed by atoms with Crippen molar-refractivity contribution in [1.82, 2.24) is 0 Å². The van der Waals surface area contributed by atoms with E-state index in [1.165, 1.54) is 11.1 Å². The lowest BCUT2D eigenvalue weighted by Gasteiger charge is -2.14. The van der Waals surface area contributed by atoms with E-state index in [0.717, 1.165) is 24.4 Å². The number of nitrogens with two attached hydrogens (primary N) is 1. The summed E-state index contributed by atoms with van der Waals surface area (Å²) in [6.07, 6.45) is 3.06. The Morgan fingerprint density at radius 1 is 1.27 bits per heavy atom. The molecule has 80 valence electrons. The minimum atomic E-state index is -0.105. The highest BCUT2D eigenvalue weighted by molar-refractivity contribution is 5.34. The number of hydrogen-bond donors (Lipinski definition) is 1. The Bertz CT molecular complexity index is 396. The van der Waals surface area contributed by atoms with Gasteiger partial charge in [0.05, 0.1) is 12.6 Å². The van der Waals surface area contributed by atoms with Gasteiger partial charge in [0.15, 0.2) is 0 Å². The monoisotopic (exact) mass is 203 g/mol. The smallest absolute Gasteiger partial charge is 0.113 e. The lowest BCUT2D eigenvalue weighted by atomic mass is 10.0. The lowest BCUT2D eigenvalue weighted by Crippen LogP contribution is -2.13. The molecule has 0 fully saturated rings. The molecule has 1 aromatic carbocycles. The maximum absolute atomic E-state index is 6.13. The summed E-state index contributed by atoms with van der Waals surface area (Å²) >= 11 is 0. The zero-order chi connectivity index (χ0) is 10.8.